The second-order valence-corrected chi connectivity index (χ2v) is 7.92. The second-order valence-electron chi connectivity index (χ2n) is 7.92. The molecule has 168 valence electrons. The lowest BCUT2D eigenvalue weighted by Crippen LogP contribution is -2.41. The molecule has 1 aliphatic carbocycles. The number of rotatable bonds is 7. The van der Waals surface area contributed by atoms with Crippen LogP contribution >= 0.6 is 0 Å². The minimum absolute atomic E-state index is 0.0781. The summed E-state index contributed by atoms with van der Waals surface area (Å²) in [6.45, 7) is 3.67. The van der Waals surface area contributed by atoms with Crippen molar-refractivity contribution in [1.29, 1.82) is 0 Å². The summed E-state index contributed by atoms with van der Waals surface area (Å²) in [6, 6.07) is 8.97. The van der Waals surface area contributed by atoms with Gasteiger partial charge in [0.1, 0.15) is 5.75 Å². The van der Waals surface area contributed by atoms with Crippen molar-refractivity contribution in [1.82, 2.24) is 9.78 Å². The summed E-state index contributed by atoms with van der Waals surface area (Å²) in [5, 5.41) is 24.4. The predicted octanol–water partition coefficient (Wildman–Crippen LogP) is 5.49. The molecule has 0 spiro atoms. The van der Waals surface area contributed by atoms with Crippen LogP contribution in [0.25, 0.3) is 22.3 Å². The molecule has 32 heavy (non-hydrogen) atoms. The standard InChI is InChI=1S/C24H23F3N2O3/c1-15(30)7-5-6-10-32-17-11-19(16-13-28-29(2)14-16)22-18-8-3-4-9-20(18)23(31,21(22)12-17)24(25,26)27/h3-4,8-9,11-14,30-31H,1,5-7,10H2,2H3. The molecule has 3 aromatic rings. The van der Waals surface area contributed by atoms with Gasteiger partial charge in [-0.15, -0.1) is 0 Å². The van der Waals surface area contributed by atoms with Crippen LogP contribution in [0.2, 0.25) is 0 Å². The first kappa shape index (κ1) is 22.0. The summed E-state index contributed by atoms with van der Waals surface area (Å²) in [5.41, 5.74) is -1.85. The van der Waals surface area contributed by atoms with E-state index in [0.29, 0.717) is 41.5 Å². The van der Waals surface area contributed by atoms with E-state index in [-0.39, 0.29) is 29.2 Å². The lowest BCUT2D eigenvalue weighted by Gasteiger charge is -2.28. The Balaban J connectivity index is 1.84. The molecule has 0 radical (unpaired) electrons. The molecule has 1 unspecified atom stereocenters. The minimum atomic E-state index is -4.93. The third-order valence-corrected chi connectivity index (χ3v) is 5.64. The number of ether oxygens (including phenoxy) is 1. The Morgan fingerprint density at radius 1 is 1.16 bits per heavy atom. The van der Waals surface area contributed by atoms with Gasteiger partial charge in [0, 0.05) is 36.4 Å². The number of halogens is 3. The van der Waals surface area contributed by atoms with Crippen LogP contribution in [0.15, 0.2) is 61.1 Å². The Morgan fingerprint density at radius 3 is 2.56 bits per heavy atom. The fourth-order valence-electron chi connectivity index (χ4n) is 4.15. The molecule has 0 amide bonds. The molecule has 0 saturated carbocycles. The maximum Gasteiger partial charge on any atom is 0.425 e. The van der Waals surface area contributed by atoms with Crippen molar-refractivity contribution in [3.05, 3.63) is 72.3 Å². The molecule has 1 aliphatic rings. The zero-order chi connectivity index (χ0) is 23.1. The summed E-state index contributed by atoms with van der Waals surface area (Å²) >= 11 is 0. The van der Waals surface area contributed by atoms with Crippen molar-refractivity contribution in [2.24, 2.45) is 7.05 Å². The zero-order valence-electron chi connectivity index (χ0n) is 17.5. The summed E-state index contributed by atoms with van der Waals surface area (Å²) in [5.74, 6) is 0.301. The van der Waals surface area contributed by atoms with Crippen LogP contribution in [0.1, 0.15) is 30.4 Å². The van der Waals surface area contributed by atoms with Crippen LogP contribution in [0, 0.1) is 0 Å². The summed E-state index contributed by atoms with van der Waals surface area (Å²) in [6.07, 6.45) is -0.00569. The molecule has 0 fully saturated rings. The number of allylic oxidation sites excluding steroid dienone is 1. The van der Waals surface area contributed by atoms with Gasteiger partial charge in [0.2, 0.25) is 5.60 Å². The molecular weight excluding hydrogens is 421 g/mol. The van der Waals surface area contributed by atoms with Crippen LogP contribution in [-0.4, -0.2) is 32.8 Å². The highest BCUT2D eigenvalue weighted by Gasteiger charge is 2.61. The SMILES string of the molecule is C=C(O)CCCCOc1cc(-c2cnn(C)c2)c2c(c1)C(O)(C(F)(F)F)c1ccccc1-2. The van der Waals surface area contributed by atoms with Gasteiger partial charge in [0.05, 0.1) is 18.6 Å². The highest BCUT2D eigenvalue weighted by atomic mass is 19.4. The summed E-state index contributed by atoms with van der Waals surface area (Å²) in [4.78, 5) is 0. The van der Waals surface area contributed by atoms with Crippen LogP contribution in [0.4, 0.5) is 13.2 Å². The van der Waals surface area contributed by atoms with Gasteiger partial charge in [-0.25, -0.2) is 0 Å². The van der Waals surface area contributed by atoms with Gasteiger partial charge < -0.3 is 14.9 Å². The Kier molecular flexibility index (Phi) is 5.50. The molecule has 2 N–H and O–H groups in total. The highest BCUT2D eigenvalue weighted by molar-refractivity contribution is 5.93. The fraction of sp³-hybridized carbons (Fsp3) is 0.292. The number of unbranched alkanes of at least 4 members (excludes halogenated alkanes) is 1. The van der Waals surface area contributed by atoms with Gasteiger partial charge in [0.25, 0.3) is 0 Å². The minimum Gasteiger partial charge on any atom is -0.513 e. The molecular formula is C24H23F3N2O3. The van der Waals surface area contributed by atoms with Gasteiger partial charge in [-0.1, -0.05) is 30.8 Å². The number of benzene rings is 2. The smallest absolute Gasteiger partial charge is 0.425 e. The van der Waals surface area contributed by atoms with Crippen molar-refractivity contribution in [3.63, 3.8) is 0 Å². The Labute approximate surface area is 183 Å². The first-order valence-corrected chi connectivity index (χ1v) is 10.2. The van der Waals surface area contributed by atoms with E-state index in [1.165, 1.54) is 18.2 Å². The highest BCUT2D eigenvalue weighted by Crippen LogP contribution is 2.58. The molecule has 4 rings (SSSR count). The van der Waals surface area contributed by atoms with Gasteiger partial charge in [0.15, 0.2) is 0 Å². The number of aromatic nitrogens is 2. The lowest BCUT2D eigenvalue weighted by molar-refractivity contribution is -0.246. The molecule has 1 aromatic heterocycles. The average Bonchev–Trinajstić information content (AvgIpc) is 3.27. The van der Waals surface area contributed by atoms with Crippen molar-refractivity contribution in [2.45, 2.75) is 31.0 Å². The average molecular weight is 444 g/mol. The quantitative estimate of drug-likeness (QED) is 0.374. The monoisotopic (exact) mass is 444 g/mol. The van der Waals surface area contributed by atoms with E-state index >= 15 is 0 Å². The first-order chi connectivity index (χ1) is 15.1. The van der Waals surface area contributed by atoms with Gasteiger partial charge in [-0.2, -0.15) is 18.3 Å². The molecule has 1 atom stereocenters. The normalized spacial score (nSPS) is 17.2. The van der Waals surface area contributed by atoms with Crippen molar-refractivity contribution in [3.8, 4) is 28.0 Å². The van der Waals surface area contributed by atoms with Gasteiger partial charge in [-0.05, 0) is 41.7 Å². The molecule has 5 nitrogen and oxygen atoms in total. The van der Waals surface area contributed by atoms with E-state index in [0.717, 1.165) is 0 Å². The van der Waals surface area contributed by atoms with E-state index in [9.17, 15) is 23.4 Å². The third-order valence-electron chi connectivity index (χ3n) is 5.64. The lowest BCUT2D eigenvalue weighted by atomic mass is 9.89. The maximum absolute atomic E-state index is 14.3. The van der Waals surface area contributed by atoms with E-state index < -0.39 is 11.8 Å². The molecule has 1 heterocycles. The second kappa shape index (κ2) is 8.02. The maximum atomic E-state index is 14.3. The van der Waals surface area contributed by atoms with E-state index in [1.807, 2.05) is 0 Å². The Bertz CT molecular complexity index is 1170. The van der Waals surface area contributed by atoms with E-state index in [2.05, 4.69) is 11.7 Å². The number of alkyl halides is 3. The summed E-state index contributed by atoms with van der Waals surface area (Å²) < 4.78 is 50.1. The zero-order valence-corrected chi connectivity index (χ0v) is 17.5. The number of aliphatic hydroxyl groups excluding tert-OH is 1. The number of nitrogens with zero attached hydrogens (tertiary/aromatic N) is 2. The third kappa shape index (κ3) is 3.64. The largest absolute Gasteiger partial charge is 0.513 e. The molecule has 2 aromatic carbocycles. The van der Waals surface area contributed by atoms with Crippen LogP contribution < -0.4 is 4.74 Å². The van der Waals surface area contributed by atoms with Crippen molar-refractivity contribution >= 4 is 0 Å². The molecule has 8 heteroatoms. The van der Waals surface area contributed by atoms with E-state index in [1.54, 1.807) is 42.3 Å². The van der Waals surface area contributed by atoms with Crippen LogP contribution in [0.5, 0.6) is 5.75 Å². The number of hydrogen-bond donors (Lipinski definition) is 2. The van der Waals surface area contributed by atoms with Gasteiger partial charge >= 0.3 is 6.18 Å². The number of hydrogen-bond acceptors (Lipinski definition) is 4. The number of aliphatic hydroxyl groups is 2. The van der Waals surface area contributed by atoms with E-state index in [4.69, 9.17) is 4.74 Å². The molecule has 0 aliphatic heterocycles. The molecule has 0 saturated heterocycles. The van der Waals surface area contributed by atoms with Crippen LogP contribution in [-0.2, 0) is 12.6 Å². The van der Waals surface area contributed by atoms with Crippen molar-refractivity contribution < 1.29 is 28.1 Å². The summed E-state index contributed by atoms with van der Waals surface area (Å²) in [7, 11) is 1.72. The number of fused-ring (bicyclic) bond motifs is 3. The van der Waals surface area contributed by atoms with Gasteiger partial charge in [-0.3, -0.25) is 4.68 Å². The van der Waals surface area contributed by atoms with Crippen LogP contribution in [0.3, 0.4) is 0 Å². The predicted molar refractivity (Wildman–Crippen MR) is 114 cm³/mol. The first-order valence-electron chi connectivity index (χ1n) is 10.2. The Hall–Kier alpha value is -3.26. The fourth-order valence-corrected chi connectivity index (χ4v) is 4.15. The number of aryl methyl sites for hydroxylation is 1. The molecule has 0 bridgehead atoms. The topological polar surface area (TPSA) is 67.5 Å². The Morgan fingerprint density at radius 2 is 1.91 bits per heavy atom. The van der Waals surface area contributed by atoms with Crippen molar-refractivity contribution in [2.75, 3.05) is 6.61 Å².